The van der Waals surface area contributed by atoms with Gasteiger partial charge < -0.3 is 20.6 Å². The van der Waals surface area contributed by atoms with Crippen LogP contribution >= 0.6 is 0 Å². The molecule has 7 heteroatoms. The Hall–Kier alpha value is -2.41. The number of hydrogen-bond acceptors (Lipinski definition) is 4. The van der Waals surface area contributed by atoms with Gasteiger partial charge in [-0.1, -0.05) is 30.3 Å². The van der Waals surface area contributed by atoms with Gasteiger partial charge in [0, 0.05) is 13.1 Å². The molecule has 0 radical (unpaired) electrons. The SMILES string of the molecule is CC(NC(=O)C1(c2ccccc2)CCN(C(=O)C2CCCN2)CC1)C(=O)O. The number of hydrogen-bond donors (Lipinski definition) is 3. The first kappa shape index (κ1) is 19.4. The van der Waals surface area contributed by atoms with Crippen LogP contribution in [0.4, 0.5) is 0 Å². The molecule has 0 bridgehead atoms. The van der Waals surface area contributed by atoms with E-state index in [-0.39, 0.29) is 17.9 Å². The molecule has 2 aliphatic rings. The summed E-state index contributed by atoms with van der Waals surface area (Å²) >= 11 is 0. The Morgan fingerprint density at radius 1 is 1.22 bits per heavy atom. The Morgan fingerprint density at radius 2 is 1.89 bits per heavy atom. The molecule has 0 spiro atoms. The molecule has 1 aromatic carbocycles. The summed E-state index contributed by atoms with van der Waals surface area (Å²) in [4.78, 5) is 38.8. The maximum Gasteiger partial charge on any atom is 0.325 e. The van der Waals surface area contributed by atoms with Crippen molar-refractivity contribution in [3.8, 4) is 0 Å². The molecule has 2 atom stereocenters. The highest BCUT2D eigenvalue weighted by atomic mass is 16.4. The van der Waals surface area contributed by atoms with Gasteiger partial charge >= 0.3 is 5.97 Å². The van der Waals surface area contributed by atoms with E-state index in [0.717, 1.165) is 24.9 Å². The molecule has 3 N–H and O–H groups in total. The average Bonchev–Trinajstić information content (AvgIpc) is 3.22. The van der Waals surface area contributed by atoms with Crippen molar-refractivity contribution < 1.29 is 19.5 Å². The lowest BCUT2D eigenvalue weighted by Crippen LogP contribution is -2.56. The number of nitrogens with one attached hydrogen (secondary N) is 2. The van der Waals surface area contributed by atoms with Crippen LogP contribution < -0.4 is 10.6 Å². The third-order valence-corrected chi connectivity index (χ3v) is 5.77. The number of piperidine rings is 1. The standard InChI is InChI=1S/C20H27N3O4/c1-14(18(25)26)22-19(27)20(15-6-3-2-4-7-15)9-12-23(13-10-20)17(24)16-8-5-11-21-16/h2-4,6-7,14,16,21H,5,8-13H2,1H3,(H,22,27)(H,25,26). The number of carbonyl (C=O) groups is 3. The second-order valence-electron chi connectivity index (χ2n) is 7.46. The molecule has 1 aromatic rings. The first-order chi connectivity index (χ1) is 12.9. The Morgan fingerprint density at radius 3 is 2.44 bits per heavy atom. The lowest BCUT2D eigenvalue weighted by Gasteiger charge is -2.42. The van der Waals surface area contributed by atoms with Crippen molar-refractivity contribution >= 4 is 17.8 Å². The molecule has 3 rings (SSSR count). The number of likely N-dealkylation sites (tertiary alicyclic amines) is 1. The van der Waals surface area contributed by atoms with Crippen LogP contribution in [0.25, 0.3) is 0 Å². The predicted molar refractivity (Wildman–Crippen MR) is 100 cm³/mol. The van der Waals surface area contributed by atoms with Crippen molar-refractivity contribution in [1.29, 1.82) is 0 Å². The number of benzene rings is 1. The van der Waals surface area contributed by atoms with Crippen molar-refractivity contribution in [1.82, 2.24) is 15.5 Å². The van der Waals surface area contributed by atoms with E-state index in [0.29, 0.717) is 25.9 Å². The molecular weight excluding hydrogens is 346 g/mol. The molecule has 0 saturated carbocycles. The van der Waals surface area contributed by atoms with Gasteiger partial charge in [0.25, 0.3) is 0 Å². The van der Waals surface area contributed by atoms with E-state index >= 15 is 0 Å². The third kappa shape index (κ3) is 3.98. The normalized spacial score (nSPS) is 22.9. The number of carboxylic acids is 1. The van der Waals surface area contributed by atoms with Gasteiger partial charge in [-0.15, -0.1) is 0 Å². The number of carboxylic acid groups (broad SMARTS) is 1. The second kappa shape index (κ2) is 8.08. The van der Waals surface area contributed by atoms with E-state index in [1.807, 2.05) is 35.2 Å². The van der Waals surface area contributed by atoms with Gasteiger partial charge in [-0.3, -0.25) is 14.4 Å². The summed E-state index contributed by atoms with van der Waals surface area (Å²) in [5.41, 5.74) is 0.0522. The quantitative estimate of drug-likeness (QED) is 0.712. The van der Waals surface area contributed by atoms with E-state index < -0.39 is 17.4 Å². The fourth-order valence-corrected chi connectivity index (χ4v) is 4.03. The first-order valence-electron chi connectivity index (χ1n) is 9.55. The largest absolute Gasteiger partial charge is 0.480 e. The fraction of sp³-hybridized carbons (Fsp3) is 0.550. The number of nitrogens with zero attached hydrogens (tertiary/aromatic N) is 1. The van der Waals surface area contributed by atoms with Gasteiger partial charge in [0.15, 0.2) is 0 Å². The minimum atomic E-state index is -1.06. The van der Waals surface area contributed by atoms with Crippen molar-refractivity contribution in [2.24, 2.45) is 0 Å². The molecule has 0 aliphatic carbocycles. The van der Waals surface area contributed by atoms with Crippen LogP contribution in [0.15, 0.2) is 30.3 Å². The van der Waals surface area contributed by atoms with E-state index in [4.69, 9.17) is 5.11 Å². The lowest BCUT2D eigenvalue weighted by molar-refractivity contribution is -0.143. The molecule has 2 heterocycles. The smallest absolute Gasteiger partial charge is 0.325 e. The maximum atomic E-state index is 13.1. The van der Waals surface area contributed by atoms with Crippen molar-refractivity contribution in [2.45, 2.75) is 50.1 Å². The molecule has 2 saturated heterocycles. The Bertz CT molecular complexity index is 692. The zero-order valence-electron chi connectivity index (χ0n) is 15.6. The zero-order valence-corrected chi connectivity index (χ0v) is 15.6. The zero-order chi connectivity index (χ0) is 19.4. The van der Waals surface area contributed by atoms with Crippen LogP contribution in [-0.2, 0) is 19.8 Å². The topological polar surface area (TPSA) is 98.7 Å². The van der Waals surface area contributed by atoms with Gasteiger partial charge in [0.1, 0.15) is 6.04 Å². The first-order valence-corrected chi connectivity index (χ1v) is 9.55. The molecule has 7 nitrogen and oxygen atoms in total. The molecule has 0 aromatic heterocycles. The maximum absolute atomic E-state index is 13.1. The Labute approximate surface area is 159 Å². The molecule has 2 unspecified atom stereocenters. The van der Waals surface area contributed by atoms with E-state index in [1.54, 1.807) is 0 Å². The molecule has 2 amide bonds. The van der Waals surface area contributed by atoms with Gasteiger partial charge in [0.2, 0.25) is 11.8 Å². The van der Waals surface area contributed by atoms with Crippen LogP contribution in [-0.4, -0.2) is 59.5 Å². The van der Waals surface area contributed by atoms with E-state index in [2.05, 4.69) is 10.6 Å². The highest BCUT2D eigenvalue weighted by molar-refractivity contribution is 5.92. The van der Waals surface area contributed by atoms with Crippen LogP contribution in [0, 0.1) is 0 Å². The number of amides is 2. The Kier molecular flexibility index (Phi) is 5.79. The lowest BCUT2D eigenvalue weighted by atomic mass is 9.71. The number of aliphatic carboxylic acids is 1. The van der Waals surface area contributed by atoms with Crippen molar-refractivity contribution in [3.63, 3.8) is 0 Å². The summed E-state index contributed by atoms with van der Waals surface area (Å²) < 4.78 is 0. The highest BCUT2D eigenvalue weighted by Gasteiger charge is 2.45. The summed E-state index contributed by atoms with van der Waals surface area (Å²) in [7, 11) is 0. The second-order valence-corrected chi connectivity index (χ2v) is 7.46. The molecule has 2 aliphatic heterocycles. The summed E-state index contributed by atoms with van der Waals surface area (Å²) in [6.45, 7) is 3.30. The average molecular weight is 373 g/mol. The minimum absolute atomic E-state index is 0.105. The highest BCUT2D eigenvalue weighted by Crippen LogP contribution is 2.36. The van der Waals surface area contributed by atoms with E-state index in [9.17, 15) is 14.4 Å². The fourth-order valence-electron chi connectivity index (χ4n) is 4.03. The van der Waals surface area contributed by atoms with Crippen LogP contribution in [0.1, 0.15) is 38.2 Å². The van der Waals surface area contributed by atoms with Gasteiger partial charge in [0.05, 0.1) is 11.5 Å². The van der Waals surface area contributed by atoms with Crippen LogP contribution in [0.5, 0.6) is 0 Å². The molecule has 146 valence electrons. The van der Waals surface area contributed by atoms with Crippen LogP contribution in [0.2, 0.25) is 0 Å². The summed E-state index contributed by atoms with van der Waals surface area (Å²) in [5, 5.41) is 15.0. The van der Waals surface area contributed by atoms with Gasteiger partial charge in [-0.2, -0.15) is 0 Å². The minimum Gasteiger partial charge on any atom is -0.480 e. The molecule has 2 fully saturated rings. The summed E-state index contributed by atoms with van der Waals surface area (Å²) in [5.74, 6) is -1.24. The number of rotatable bonds is 5. The molecule has 27 heavy (non-hydrogen) atoms. The predicted octanol–water partition coefficient (Wildman–Crippen LogP) is 0.888. The molecular formula is C20H27N3O4. The monoisotopic (exact) mass is 373 g/mol. The summed E-state index contributed by atoms with van der Waals surface area (Å²) in [6, 6.07) is 8.38. The third-order valence-electron chi connectivity index (χ3n) is 5.77. The summed E-state index contributed by atoms with van der Waals surface area (Å²) in [6.07, 6.45) is 2.82. The van der Waals surface area contributed by atoms with Crippen molar-refractivity contribution in [3.05, 3.63) is 35.9 Å². The number of carbonyl (C=O) groups excluding carboxylic acids is 2. The van der Waals surface area contributed by atoms with Crippen LogP contribution in [0.3, 0.4) is 0 Å². The van der Waals surface area contributed by atoms with E-state index in [1.165, 1.54) is 6.92 Å². The Balaban J connectivity index is 1.77. The van der Waals surface area contributed by atoms with Crippen molar-refractivity contribution in [2.75, 3.05) is 19.6 Å². The van der Waals surface area contributed by atoms with Gasteiger partial charge in [-0.05, 0) is 44.7 Å². The van der Waals surface area contributed by atoms with Gasteiger partial charge in [-0.25, -0.2) is 0 Å².